The maximum atomic E-state index is 11.3. The first-order chi connectivity index (χ1) is 8.45. The van der Waals surface area contributed by atoms with E-state index in [2.05, 4.69) is 5.32 Å². The first kappa shape index (κ1) is 13.8. The number of anilines is 1. The van der Waals surface area contributed by atoms with E-state index >= 15 is 0 Å². The monoisotopic (exact) mass is 273 g/mol. The lowest BCUT2D eigenvalue weighted by molar-refractivity contribution is -0.393. The number of nitro benzene ring substituents is 2. The summed E-state index contributed by atoms with van der Waals surface area (Å²) in [5, 5.41) is 23.5. The molecule has 96 valence electrons. The molecule has 8 nitrogen and oxygen atoms in total. The maximum Gasteiger partial charge on any atom is 0.299 e. The van der Waals surface area contributed by atoms with E-state index in [0.717, 1.165) is 18.2 Å². The number of hydrogen-bond acceptors (Lipinski definition) is 5. The zero-order valence-corrected chi connectivity index (χ0v) is 9.72. The Hall–Kier alpha value is -2.22. The van der Waals surface area contributed by atoms with Crippen LogP contribution in [0.3, 0.4) is 0 Å². The fraction of sp³-hybridized carbons (Fsp3) is 0.222. The number of carbonyl (C=O) groups excluding carboxylic acids is 1. The first-order valence-corrected chi connectivity index (χ1v) is 5.28. The van der Waals surface area contributed by atoms with Crippen LogP contribution in [-0.4, -0.2) is 21.6 Å². The number of hydrogen-bond donors (Lipinski definition) is 1. The number of nitro groups is 2. The second kappa shape index (κ2) is 5.92. The molecular weight excluding hydrogens is 266 g/mol. The van der Waals surface area contributed by atoms with E-state index in [1.165, 1.54) is 0 Å². The van der Waals surface area contributed by atoms with Crippen molar-refractivity contribution in [2.45, 2.75) is 6.42 Å². The summed E-state index contributed by atoms with van der Waals surface area (Å²) >= 11 is 5.35. The average Bonchev–Trinajstić information content (AvgIpc) is 2.29. The van der Waals surface area contributed by atoms with Crippen LogP contribution in [0.1, 0.15) is 6.42 Å². The van der Waals surface area contributed by atoms with Gasteiger partial charge in [-0.1, -0.05) is 0 Å². The molecule has 0 saturated carbocycles. The number of non-ortho nitro benzene ring substituents is 1. The molecule has 0 atom stereocenters. The standard InChI is InChI=1S/C9H8ClN3O5/c10-4-3-9(14)11-7-2-1-6(12(15)16)5-8(7)13(17)18/h1-2,5H,3-4H2,(H,11,14). The molecule has 0 aliphatic rings. The van der Waals surface area contributed by atoms with Gasteiger partial charge in [0, 0.05) is 18.4 Å². The number of halogens is 1. The minimum absolute atomic E-state index is 0.00427. The molecule has 9 heteroatoms. The molecule has 0 radical (unpaired) electrons. The number of rotatable bonds is 5. The molecule has 0 aliphatic heterocycles. The molecule has 0 heterocycles. The Balaban J connectivity index is 3.08. The van der Waals surface area contributed by atoms with Gasteiger partial charge in [-0.2, -0.15) is 0 Å². The molecule has 0 bridgehead atoms. The summed E-state index contributed by atoms with van der Waals surface area (Å²) in [6.45, 7) is 0. The number of nitrogens with zero attached hydrogens (tertiary/aromatic N) is 2. The fourth-order valence-corrected chi connectivity index (χ4v) is 1.36. The lowest BCUT2D eigenvalue weighted by Crippen LogP contribution is -2.13. The number of benzene rings is 1. The van der Waals surface area contributed by atoms with Crippen molar-refractivity contribution < 1.29 is 14.6 Å². The van der Waals surface area contributed by atoms with Crippen molar-refractivity contribution >= 4 is 34.6 Å². The van der Waals surface area contributed by atoms with E-state index in [4.69, 9.17) is 11.6 Å². The number of alkyl halides is 1. The van der Waals surface area contributed by atoms with Crippen molar-refractivity contribution in [2.24, 2.45) is 0 Å². The Morgan fingerprint density at radius 1 is 1.28 bits per heavy atom. The molecule has 1 aromatic carbocycles. The topological polar surface area (TPSA) is 115 Å². The quantitative estimate of drug-likeness (QED) is 0.501. The van der Waals surface area contributed by atoms with E-state index in [-0.39, 0.29) is 18.0 Å². The summed E-state index contributed by atoms with van der Waals surface area (Å²) in [6, 6.07) is 2.97. The molecule has 0 aliphatic carbocycles. The van der Waals surface area contributed by atoms with Crippen molar-refractivity contribution in [3.05, 3.63) is 38.4 Å². The molecule has 0 unspecified atom stereocenters. The van der Waals surface area contributed by atoms with Gasteiger partial charge in [0.2, 0.25) is 5.91 Å². The van der Waals surface area contributed by atoms with Gasteiger partial charge in [-0.15, -0.1) is 11.6 Å². The Labute approximate surface area is 106 Å². The van der Waals surface area contributed by atoms with Crippen LogP contribution in [0.25, 0.3) is 0 Å². The highest BCUT2D eigenvalue weighted by molar-refractivity contribution is 6.19. The summed E-state index contributed by atoms with van der Waals surface area (Å²) in [5.74, 6) is -0.422. The van der Waals surface area contributed by atoms with Gasteiger partial charge in [0.05, 0.1) is 15.9 Å². The van der Waals surface area contributed by atoms with E-state index in [1.54, 1.807) is 0 Å². The van der Waals surface area contributed by atoms with E-state index in [0.29, 0.717) is 0 Å². The zero-order chi connectivity index (χ0) is 13.7. The van der Waals surface area contributed by atoms with Gasteiger partial charge in [0.1, 0.15) is 5.69 Å². The Bertz CT molecular complexity index is 505. The van der Waals surface area contributed by atoms with Gasteiger partial charge in [-0.3, -0.25) is 25.0 Å². The molecular formula is C9H8ClN3O5. The predicted molar refractivity (Wildman–Crippen MR) is 63.7 cm³/mol. The van der Waals surface area contributed by atoms with Gasteiger partial charge in [0.25, 0.3) is 11.4 Å². The maximum absolute atomic E-state index is 11.3. The molecule has 18 heavy (non-hydrogen) atoms. The predicted octanol–water partition coefficient (Wildman–Crippen LogP) is 2.07. The van der Waals surface area contributed by atoms with E-state index in [9.17, 15) is 25.0 Å². The third kappa shape index (κ3) is 3.39. The Kier molecular flexibility index (Phi) is 4.55. The Morgan fingerprint density at radius 3 is 2.44 bits per heavy atom. The highest BCUT2D eigenvalue weighted by Gasteiger charge is 2.20. The summed E-state index contributed by atoms with van der Waals surface area (Å²) in [5.41, 5.74) is -1.05. The van der Waals surface area contributed by atoms with Crippen LogP contribution in [0.4, 0.5) is 17.1 Å². The first-order valence-electron chi connectivity index (χ1n) is 4.74. The van der Waals surface area contributed by atoms with Crippen LogP contribution in [0.5, 0.6) is 0 Å². The van der Waals surface area contributed by atoms with Crippen molar-refractivity contribution in [1.29, 1.82) is 0 Å². The minimum atomic E-state index is -0.802. The fourth-order valence-electron chi connectivity index (χ4n) is 1.19. The molecule has 0 spiro atoms. The van der Waals surface area contributed by atoms with Gasteiger partial charge >= 0.3 is 0 Å². The van der Waals surface area contributed by atoms with Gasteiger partial charge in [-0.05, 0) is 6.07 Å². The summed E-state index contributed by atoms with van der Waals surface area (Å²) in [6.07, 6.45) is -0.00427. The van der Waals surface area contributed by atoms with Crippen molar-refractivity contribution in [1.82, 2.24) is 0 Å². The summed E-state index contributed by atoms with van der Waals surface area (Å²) < 4.78 is 0. The smallest absolute Gasteiger partial charge is 0.299 e. The van der Waals surface area contributed by atoms with Crippen LogP contribution in [-0.2, 0) is 4.79 Å². The van der Waals surface area contributed by atoms with Crippen molar-refractivity contribution in [3.8, 4) is 0 Å². The number of amides is 1. The molecule has 1 amide bonds. The highest BCUT2D eigenvalue weighted by Crippen LogP contribution is 2.28. The number of nitrogens with one attached hydrogen (secondary N) is 1. The third-order valence-corrected chi connectivity index (χ3v) is 2.17. The summed E-state index contributed by atoms with van der Waals surface area (Å²) in [4.78, 5) is 30.9. The second-order valence-corrected chi connectivity index (χ2v) is 3.58. The van der Waals surface area contributed by atoms with Crippen LogP contribution in [0.2, 0.25) is 0 Å². The number of carbonyl (C=O) groups is 1. The molecule has 0 fully saturated rings. The highest BCUT2D eigenvalue weighted by atomic mass is 35.5. The lowest BCUT2D eigenvalue weighted by Gasteiger charge is -2.04. The van der Waals surface area contributed by atoms with E-state index in [1.807, 2.05) is 0 Å². The minimum Gasteiger partial charge on any atom is -0.320 e. The summed E-state index contributed by atoms with van der Waals surface area (Å²) in [7, 11) is 0. The normalized spacial score (nSPS) is 9.83. The molecule has 1 aromatic rings. The molecule has 1 rings (SSSR count). The van der Waals surface area contributed by atoms with Gasteiger partial charge in [-0.25, -0.2) is 0 Å². The second-order valence-electron chi connectivity index (χ2n) is 3.20. The average molecular weight is 274 g/mol. The molecule has 1 N–H and O–H groups in total. The van der Waals surface area contributed by atoms with Crippen molar-refractivity contribution in [2.75, 3.05) is 11.2 Å². The largest absolute Gasteiger partial charge is 0.320 e. The van der Waals surface area contributed by atoms with Crippen LogP contribution in [0.15, 0.2) is 18.2 Å². The molecule has 0 saturated heterocycles. The van der Waals surface area contributed by atoms with Gasteiger partial charge < -0.3 is 5.32 Å². The van der Waals surface area contributed by atoms with Crippen molar-refractivity contribution in [3.63, 3.8) is 0 Å². The lowest BCUT2D eigenvalue weighted by atomic mass is 10.2. The van der Waals surface area contributed by atoms with Crippen LogP contribution >= 0.6 is 11.6 Å². The SMILES string of the molecule is O=C(CCCl)Nc1ccc([N+](=O)[O-])cc1[N+](=O)[O-]. The zero-order valence-electron chi connectivity index (χ0n) is 8.96. The Morgan fingerprint density at radius 2 is 1.94 bits per heavy atom. The van der Waals surface area contributed by atoms with Crippen LogP contribution < -0.4 is 5.32 Å². The third-order valence-electron chi connectivity index (χ3n) is 1.98. The van der Waals surface area contributed by atoms with Gasteiger partial charge in [0.15, 0.2) is 0 Å². The molecule has 0 aromatic heterocycles. The van der Waals surface area contributed by atoms with Crippen LogP contribution in [0, 0.1) is 20.2 Å². The van der Waals surface area contributed by atoms with E-state index < -0.39 is 27.1 Å².